The smallest absolute Gasteiger partial charge is 0.191 e. The molecule has 0 radical (unpaired) electrons. The summed E-state index contributed by atoms with van der Waals surface area (Å²) < 4.78 is 30.9. The molecule has 3 aromatic carbocycles. The fourth-order valence-corrected chi connectivity index (χ4v) is 4.32. The summed E-state index contributed by atoms with van der Waals surface area (Å²) >= 11 is 1.33. The normalized spacial score (nSPS) is 10.8. The molecule has 0 aliphatic heterocycles. The van der Waals surface area contributed by atoms with E-state index in [1.165, 1.54) is 11.9 Å². The zero-order chi connectivity index (χ0) is 22.7. The highest BCUT2D eigenvalue weighted by Crippen LogP contribution is 2.42. The zero-order valence-corrected chi connectivity index (χ0v) is 19.3. The highest BCUT2D eigenvalue weighted by molar-refractivity contribution is 8.00. The van der Waals surface area contributed by atoms with E-state index in [-0.39, 0.29) is 0 Å². The van der Waals surface area contributed by atoms with Gasteiger partial charge in [0.15, 0.2) is 11.4 Å². The second-order valence-electron chi connectivity index (χ2n) is 7.02. The Labute approximate surface area is 190 Å². The predicted molar refractivity (Wildman–Crippen MR) is 126 cm³/mol. The number of methoxy groups -OCH3 is 4. The van der Waals surface area contributed by atoms with Crippen LogP contribution in [0.4, 0.5) is 5.82 Å². The standard InChI is InChI=1S/C24H24N2O5S/c1-14-9-15(11-17(10-14)27-2)16-12-20(30-5)22-21(13-16)31-25-24(22)26-32-23-18(28-3)7-6-8-19(23)29-4/h6-13H,1-5H3,(H,25,26). The third-order valence-corrected chi connectivity index (χ3v) is 5.91. The van der Waals surface area contributed by atoms with Gasteiger partial charge in [0.05, 0.1) is 28.4 Å². The number of aryl methyl sites for hydroxylation is 1. The number of nitrogens with zero attached hydrogens (tertiary/aromatic N) is 1. The van der Waals surface area contributed by atoms with Crippen molar-refractivity contribution < 1.29 is 23.5 Å². The molecule has 0 aliphatic rings. The van der Waals surface area contributed by atoms with Crippen molar-refractivity contribution in [2.24, 2.45) is 0 Å². The average molecular weight is 453 g/mol. The minimum Gasteiger partial charge on any atom is -0.497 e. The molecule has 0 spiro atoms. The van der Waals surface area contributed by atoms with Crippen molar-refractivity contribution in [3.05, 3.63) is 54.1 Å². The molecule has 1 N–H and O–H groups in total. The third-order valence-electron chi connectivity index (χ3n) is 5.01. The monoisotopic (exact) mass is 452 g/mol. The van der Waals surface area contributed by atoms with Crippen LogP contribution in [0.2, 0.25) is 0 Å². The van der Waals surface area contributed by atoms with Gasteiger partial charge in [-0.15, -0.1) is 0 Å². The van der Waals surface area contributed by atoms with Gasteiger partial charge < -0.3 is 28.2 Å². The molecule has 0 amide bonds. The minimum absolute atomic E-state index is 0.545. The molecule has 7 nitrogen and oxygen atoms in total. The minimum atomic E-state index is 0.545. The Kier molecular flexibility index (Phi) is 6.32. The topological polar surface area (TPSA) is 75.0 Å². The van der Waals surface area contributed by atoms with Crippen LogP contribution in [0.25, 0.3) is 22.1 Å². The molecule has 0 fully saturated rings. The van der Waals surface area contributed by atoms with Crippen molar-refractivity contribution in [2.75, 3.05) is 33.2 Å². The first-order chi connectivity index (χ1) is 15.6. The molecular formula is C24H24N2O5S. The predicted octanol–water partition coefficient (Wildman–Crippen LogP) is 5.96. The molecule has 0 unspecified atom stereocenters. The molecule has 32 heavy (non-hydrogen) atoms. The molecule has 1 aromatic heterocycles. The Morgan fingerprint density at radius 1 is 0.812 bits per heavy atom. The van der Waals surface area contributed by atoms with Crippen molar-refractivity contribution in [1.29, 1.82) is 0 Å². The Balaban J connectivity index is 1.71. The maximum atomic E-state index is 5.69. The van der Waals surface area contributed by atoms with E-state index in [0.717, 1.165) is 32.7 Å². The number of fused-ring (bicyclic) bond motifs is 1. The number of aromatic nitrogens is 1. The van der Waals surface area contributed by atoms with E-state index < -0.39 is 0 Å². The van der Waals surface area contributed by atoms with Crippen LogP contribution >= 0.6 is 11.9 Å². The second kappa shape index (κ2) is 9.32. The lowest BCUT2D eigenvalue weighted by atomic mass is 10.0. The van der Waals surface area contributed by atoms with Crippen LogP contribution < -0.4 is 23.7 Å². The molecule has 1 heterocycles. The lowest BCUT2D eigenvalue weighted by Crippen LogP contribution is -1.95. The van der Waals surface area contributed by atoms with E-state index in [9.17, 15) is 0 Å². The number of nitrogens with one attached hydrogen (secondary N) is 1. The summed E-state index contributed by atoms with van der Waals surface area (Å²) in [6, 6.07) is 15.6. The number of hydrogen-bond donors (Lipinski definition) is 1. The van der Waals surface area contributed by atoms with Gasteiger partial charge in [0, 0.05) is 0 Å². The fraction of sp³-hybridized carbons (Fsp3) is 0.208. The van der Waals surface area contributed by atoms with Crippen LogP contribution in [-0.4, -0.2) is 33.6 Å². The van der Waals surface area contributed by atoms with Crippen LogP contribution in [0.5, 0.6) is 23.0 Å². The van der Waals surface area contributed by atoms with Crippen LogP contribution in [0.15, 0.2) is 57.9 Å². The van der Waals surface area contributed by atoms with Gasteiger partial charge in [0.1, 0.15) is 33.3 Å². The Bertz CT molecular complexity index is 1230. The Hall–Kier alpha value is -3.52. The first-order valence-electron chi connectivity index (χ1n) is 9.85. The zero-order valence-electron chi connectivity index (χ0n) is 18.5. The van der Waals surface area contributed by atoms with Crippen LogP contribution in [0.1, 0.15) is 5.56 Å². The maximum Gasteiger partial charge on any atom is 0.191 e. The SMILES string of the molecule is COc1cc(C)cc(-c2cc(OC)c3c(NSc4c(OC)cccc4OC)noc3c2)c1. The summed E-state index contributed by atoms with van der Waals surface area (Å²) in [6.45, 7) is 2.03. The summed E-state index contributed by atoms with van der Waals surface area (Å²) in [5, 5.41) is 4.97. The summed E-state index contributed by atoms with van der Waals surface area (Å²) in [5.41, 5.74) is 3.65. The number of hydrogen-bond acceptors (Lipinski definition) is 8. The van der Waals surface area contributed by atoms with Crippen LogP contribution in [-0.2, 0) is 0 Å². The van der Waals surface area contributed by atoms with Gasteiger partial charge in [-0.25, -0.2) is 0 Å². The van der Waals surface area contributed by atoms with E-state index >= 15 is 0 Å². The number of anilines is 1. The highest BCUT2D eigenvalue weighted by Gasteiger charge is 2.18. The van der Waals surface area contributed by atoms with Gasteiger partial charge in [-0.3, -0.25) is 0 Å². The van der Waals surface area contributed by atoms with Crippen molar-refractivity contribution in [1.82, 2.24) is 5.16 Å². The molecule has 0 saturated carbocycles. The van der Waals surface area contributed by atoms with Gasteiger partial charge in [-0.1, -0.05) is 17.3 Å². The second-order valence-corrected chi connectivity index (χ2v) is 7.83. The number of ether oxygens (including phenoxy) is 4. The molecule has 166 valence electrons. The van der Waals surface area contributed by atoms with Crippen LogP contribution in [0, 0.1) is 6.92 Å². The van der Waals surface area contributed by atoms with E-state index in [2.05, 4.69) is 15.9 Å². The molecule has 4 rings (SSSR count). The molecule has 0 saturated heterocycles. The Morgan fingerprint density at radius 3 is 2.16 bits per heavy atom. The Morgan fingerprint density at radius 2 is 1.50 bits per heavy atom. The average Bonchev–Trinajstić information content (AvgIpc) is 3.24. The van der Waals surface area contributed by atoms with Crippen molar-refractivity contribution in [3.63, 3.8) is 0 Å². The summed E-state index contributed by atoms with van der Waals surface area (Å²) in [5.74, 6) is 3.37. The molecule has 4 aromatic rings. The maximum absolute atomic E-state index is 5.69. The van der Waals surface area contributed by atoms with Gasteiger partial charge in [-0.2, -0.15) is 0 Å². The van der Waals surface area contributed by atoms with Crippen molar-refractivity contribution in [2.45, 2.75) is 11.8 Å². The largest absolute Gasteiger partial charge is 0.497 e. The molecular weight excluding hydrogens is 428 g/mol. The van der Waals surface area contributed by atoms with Crippen molar-refractivity contribution >= 4 is 28.7 Å². The van der Waals surface area contributed by atoms with Gasteiger partial charge >= 0.3 is 0 Å². The van der Waals surface area contributed by atoms with E-state index in [1.807, 2.05) is 49.4 Å². The summed E-state index contributed by atoms with van der Waals surface area (Å²) in [7, 11) is 6.53. The lowest BCUT2D eigenvalue weighted by molar-refractivity contribution is 0.376. The first kappa shape index (κ1) is 21.7. The van der Waals surface area contributed by atoms with Gasteiger partial charge in [0.2, 0.25) is 0 Å². The van der Waals surface area contributed by atoms with Crippen molar-refractivity contribution in [3.8, 4) is 34.1 Å². The summed E-state index contributed by atoms with van der Waals surface area (Å²) in [4.78, 5) is 0.802. The lowest BCUT2D eigenvalue weighted by Gasteiger charge is -2.13. The highest BCUT2D eigenvalue weighted by atomic mass is 32.2. The van der Waals surface area contributed by atoms with E-state index in [0.29, 0.717) is 28.6 Å². The molecule has 0 atom stereocenters. The van der Waals surface area contributed by atoms with E-state index in [4.69, 9.17) is 23.5 Å². The van der Waals surface area contributed by atoms with E-state index in [1.54, 1.807) is 28.4 Å². The fourth-order valence-electron chi connectivity index (χ4n) is 3.48. The van der Waals surface area contributed by atoms with Gasteiger partial charge in [0.25, 0.3) is 0 Å². The molecule has 8 heteroatoms. The summed E-state index contributed by atoms with van der Waals surface area (Å²) in [6.07, 6.45) is 0. The quantitative estimate of drug-likeness (QED) is 0.328. The number of benzene rings is 3. The number of rotatable bonds is 8. The molecule has 0 aliphatic carbocycles. The first-order valence-corrected chi connectivity index (χ1v) is 10.7. The third kappa shape index (κ3) is 4.13. The van der Waals surface area contributed by atoms with Gasteiger partial charge in [-0.05, 0) is 72.0 Å². The molecule has 0 bridgehead atoms. The van der Waals surface area contributed by atoms with Crippen LogP contribution in [0.3, 0.4) is 0 Å².